The average molecular weight is 492 g/mol. The molecule has 0 bridgehead atoms. The van der Waals surface area contributed by atoms with Crippen LogP contribution in [-0.4, -0.2) is 0 Å². The van der Waals surface area contributed by atoms with Crippen LogP contribution in [0.1, 0.15) is 52.8 Å². The molecule has 0 radical (unpaired) electrons. The predicted molar refractivity (Wildman–Crippen MR) is 151 cm³/mol. The van der Waals surface area contributed by atoms with Gasteiger partial charge in [-0.25, -0.2) is 0 Å². The lowest BCUT2D eigenvalue weighted by Gasteiger charge is -2.51. The molecule has 1 nitrogen and oxygen atoms in total. The maximum Gasteiger partial charge on any atom is 0.0991 e. The maximum atomic E-state index is 9.65. The minimum atomic E-state index is -0.428. The van der Waals surface area contributed by atoms with E-state index in [0.29, 0.717) is 5.56 Å². The van der Waals surface area contributed by atoms with Crippen molar-refractivity contribution in [3.05, 3.63) is 154 Å². The van der Waals surface area contributed by atoms with Crippen molar-refractivity contribution in [3.8, 4) is 17.2 Å². The third-order valence-electron chi connectivity index (χ3n) is 8.20. The summed E-state index contributed by atoms with van der Waals surface area (Å²) in [6.07, 6.45) is 0. The number of nitrogens with zero attached hydrogens (tertiary/aromatic N) is 1. The average Bonchev–Trinajstić information content (AvgIpc) is 2.95. The van der Waals surface area contributed by atoms with Crippen molar-refractivity contribution in [2.45, 2.75) is 34.5 Å². The van der Waals surface area contributed by atoms with Crippen LogP contribution < -0.4 is 0 Å². The molecule has 0 amide bonds. The van der Waals surface area contributed by atoms with E-state index in [1.54, 1.807) is 0 Å². The molecule has 1 heterocycles. The SMILES string of the molecule is CC1(C)c2ccccc2C2(c3ccccc3Sc3ccccc32)c2cccc(-c3cccc(C#N)c3)c21. The predicted octanol–water partition coefficient (Wildman–Crippen LogP) is 8.71. The first-order valence-electron chi connectivity index (χ1n) is 12.7. The summed E-state index contributed by atoms with van der Waals surface area (Å²) in [7, 11) is 0. The number of hydrogen-bond donors (Lipinski definition) is 0. The molecule has 5 aromatic rings. The van der Waals surface area contributed by atoms with Crippen molar-refractivity contribution in [3.63, 3.8) is 0 Å². The highest BCUT2D eigenvalue weighted by molar-refractivity contribution is 7.99. The van der Waals surface area contributed by atoms with Crippen LogP contribution in [0.2, 0.25) is 0 Å². The van der Waals surface area contributed by atoms with Gasteiger partial charge in [0.2, 0.25) is 0 Å². The Balaban J connectivity index is 1.69. The molecule has 0 fully saturated rings. The highest BCUT2D eigenvalue weighted by atomic mass is 32.2. The largest absolute Gasteiger partial charge is 0.192 e. The van der Waals surface area contributed by atoms with Crippen LogP contribution in [0.15, 0.2) is 125 Å². The van der Waals surface area contributed by atoms with Crippen LogP contribution in [0.3, 0.4) is 0 Å². The third-order valence-corrected chi connectivity index (χ3v) is 9.35. The number of fused-ring (bicyclic) bond motifs is 8. The normalized spacial score (nSPS) is 15.6. The highest BCUT2D eigenvalue weighted by Gasteiger charge is 2.52. The van der Waals surface area contributed by atoms with E-state index in [1.165, 1.54) is 48.7 Å². The summed E-state index contributed by atoms with van der Waals surface area (Å²) in [6.45, 7) is 4.70. The van der Waals surface area contributed by atoms with E-state index in [9.17, 15) is 5.26 Å². The fourth-order valence-corrected chi connectivity index (χ4v) is 7.94. The van der Waals surface area contributed by atoms with E-state index in [2.05, 4.69) is 117 Å². The van der Waals surface area contributed by atoms with Gasteiger partial charge in [-0.05, 0) is 68.8 Å². The summed E-state index contributed by atoms with van der Waals surface area (Å²) in [5.74, 6) is 0. The molecule has 1 spiro atoms. The van der Waals surface area contributed by atoms with Gasteiger partial charge in [0.05, 0.1) is 17.0 Å². The Labute approximate surface area is 222 Å². The molecular weight excluding hydrogens is 466 g/mol. The van der Waals surface area contributed by atoms with E-state index < -0.39 is 5.41 Å². The van der Waals surface area contributed by atoms with Crippen LogP contribution in [-0.2, 0) is 10.8 Å². The molecule has 0 saturated heterocycles. The monoisotopic (exact) mass is 491 g/mol. The molecule has 0 atom stereocenters. The molecule has 7 rings (SSSR count). The summed E-state index contributed by atoms with van der Waals surface area (Å²) in [5.41, 5.74) is 10.4. The van der Waals surface area contributed by atoms with Crippen molar-refractivity contribution in [2.24, 2.45) is 0 Å². The summed E-state index contributed by atoms with van der Waals surface area (Å²) in [4.78, 5) is 2.61. The molecule has 1 aliphatic heterocycles. The molecule has 0 saturated carbocycles. The van der Waals surface area contributed by atoms with Gasteiger partial charge in [0.1, 0.15) is 0 Å². The van der Waals surface area contributed by atoms with Gasteiger partial charge in [-0.2, -0.15) is 5.26 Å². The Morgan fingerprint density at radius 3 is 1.84 bits per heavy atom. The van der Waals surface area contributed by atoms with Crippen LogP contribution in [0, 0.1) is 11.3 Å². The van der Waals surface area contributed by atoms with Crippen molar-refractivity contribution in [1.29, 1.82) is 5.26 Å². The highest BCUT2D eigenvalue weighted by Crippen LogP contribution is 2.62. The lowest BCUT2D eigenvalue weighted by molar-refractivity contribution is 0.550. The Morgan fingerprint density at radius 2 is 1.16 bits per heavy atom. The van der Waals surface area contributed by atoms with Crippen molar-refractivity contribution < 1.29 is 0 Å². The zero-order valence-electron chi connectivity index (χ0n) is 20.8. The number of nitriles is 1. The van der Waals surface area contributed by atoms with Gasteiger partial charge < -0.3 is 0 Å². The number of benzene rings is 5. The van der Waals surface area contributed by atoms with Crippen molar-refractivity contribution >= 4 is 11.8 Å². The van der Waals surface area contributed by atoms with Gasteiger partial charge in [0.15, 0.2) is 0 Å². The molecule has 176 valence electrons. The molecule has 0 N–H and O–H groups in total. The van der Waals surface area contributed by atoms with Crippen LogP contribution in [0.5, 0.6) is 0 Å². The van der Waals surface area contributed by atoms with Crippen LogP contribution in [0.25, 0.3) is 11.1 Å². The zero-order valence-corrected chi connectivity index (χ0v) is 21.6. The first-order chi connectivity index (χ1) is 18.1. The zero-order chi connectivity index (χ0) is 25.2. The van der Waals surface area contributed by atoms with E-state index in [1.807, 2.05) is 30.0 Å². The van der Waals surface area contributed by atoms with Crippen LogP contribution in [0.4, 0.5) is 0 Å². The molecular formula is C35H25NS. The second kappa shape index (κ2) is 7.97. The van der Waals surface area contributed by atoms with E-state index in [-0.39, 0.29) is 5.41 Å². The van der Waals surface area contributed by atoms with Crippen LogP contribution >= 0.6 is 11.8 Å². The summed E-state index contributed by atoms with van der Waals surface area (Å²) in [6, 6.07) is 44.0. The molecule has 0 aromatic heterocycles. The Hall–Kier alpha value is -4.06. The summed E-state index contributed by atoms with van der Waals surface area (Å²) >= 11 is 1.87. The van der Waals surface area contributed by atoms with E-state index in [4.69, 9.17) is 0 Å². The van der Waals surface area contributed by atoms with Gasteiger partial charge >= 0.3 is 0 Å². The quantitative estimate of drug-likeness (QED) is 0.230. The first-order valence-corrected chi connectivity index (χ1v) is 13.5. The standard InChI is InChI=1S/C35H25NS/c1-34(2)26-14-3-4-15-27(26)35(28-16-5-7-19-31(28)37-32-20-8-6-17-29(32)35)30-18-10-13-25(33(30)34)24-12-9-11-23(21-24)22-36/h3-21H,1-2H3. The van der Waals surface area contributed by atoms with Gasteiger partial charge in [0.25, 0.3) is 0 Å². The fraction of sp³-hybridized carbons (Fsp3) is 0.114. The molecule has 2 heteroatoms. The van der Waals surface area contributed by atoms with Crippen molar-refractivity contribution in [1.82, 2.24) is 0 Å². The fourth-order valence-electron chi connectivity index (χ4n) is 6.74. The third kappa shape index (κ3) is 2.92. The maximum absolute atomic E-state index is 9.65. The summed E-state index contributed by atoms with van der Waals surface area (Å²) in [5, 5.41) is 9.65. The Kier molecular flexibility index (Phi) is 4.77. The molecule has 37 heavy (non-hydrogen) atoms. The van der Waals surface area contributed by atoms with Gasteiger partial charge in [-0.3, -0.25) is 0 Å². The number of hydrogen-bond acceptors (Lipinski definition) is 2. The van der Waals surface area contributed by atoms with E-state index >= 15 is 0 Å². The smallest absolute Gasteiger partial charge is 0.0991 e. The summed E-state index contributed by atoms with van der Waals surface area (Å²) < 4.78 is 0. The topological polar surface area (TPSA) is 23.8 Å². The molecule has 1 aliphatic carbocycles. The lowest BCUT2D eigenvalue weighted by Crippen LogP contribution is -2.43. The van der Waals surface area contributed by atoms with Gasteiger partial charge in [-0.1, -0.05) is 117 Å². The molecule has 2 aliphatic rings. The Bertz CT molecular complexity index is 1710. The molecule has 5 aromatic carbocycles. The van der Waals surface area contributed by atoms with Crippen molar-refractivity contribution in [2.75, 3.05) is 0 Å². The van der Waals surface area contributed by atoms with Gasteiger partial charge in [-0.15, -0.1) is 0 Å². The lowest BCUT2D eigenvalue weighted by atomic mass is 9.53. The first kappa shape index (κ1) is 22.2. The Morgan fingerprint density at radius 1 is 0.595 bits per heavy atom. The molecule has 0 unspecified atom stereocenters. The van der Waals surface area contributed by atoms with E-state index in [0.717, 1.165) is 5.56 Å². The second-order valence-corrected chi connectivity index (χ2v) is 11.5. The minimum Gasteiger partial charge on any atom is -0.192 e. The minimum absolute atomic E-state index is 0.231. The van der Waals surface area contributed by atoms with Gasteiger partial charge in [0, 0.05) is 15.2 Å². The second-order valence-electron chi connectivity index (χ2n) is 10.4. The number of rotatable bonds is 1.